The third kappa shape index (κ3) is 8.35. The molecule has 0 spiro atoms. The van der Waals surface area contributed by atoms with Crippen LogP contribution in [0, 0.1) is 6.92 Å². The molecule has 2 atom stereocenters. The van der Waals surface area contributed by atoms with E-state index in [4.69, 9.17) is 4.74 Å². The van der Waals surface area contributed by atoms with Crippen LogP contribution in [-0.4, -0.2) is 45.6 Å². The monoisotopic (exact) mass is 571 g/mol. The van der Waals surface area contributed by atoms with Gasteiger partial charge in [-0.3, -0.25) is 9.59 Å². The first-order chi connectivity index (χ1) is 20.0. The highest BCUT2D eigenvalue weighted by atomic mass is 16.6. The lowest BCUT2D eigenvalue weighted by Gasteiger charge is -2.43. The molecule has 1 fully saturated rings. The predicted molar refractivity (Wildman–Crippen MR) is 162 cm³/mol. The number of hydrogen-bond donors (Lipinski definition) is 3. The fourth-order valence-corrected chi connectivity index (χ4v) is 5.04. The quantitative estimate of drug-likeness (QED) is 0.295. The molecule has 0 heterocycles. The number of aryl methyl sites for hydroxylation is 1. The molecule has 3 aromatic rings. The Morgan fingerprint density at radius 1 is 0.952 bits per heavy atom. The van der Waals surface area contributed by atoms with Crippen LogP contribution in [0.1, 0.15) is 68.3 Å². The maximum atomic E-state index is 14.6. The van der Waals surface area contributed by atoms with Gasteiger partial charge in [-0.05, 0) is 75.8 Å². The standard InChI is InChI=1S/C34H41N3O5/c1-23-10-8-13-26(20-23)30(31(39)35-22-25-11-6-5-7-12-25)37(27-14-9-15-27)32(40)29(36-33(41)42-34(2,3)4)21-24-16-18-28(38)19-17-24/h5-8,10-13,16-20,27,29-30,38H,9,14-15,21-22H2,1-4H3,(H,35,39)(H,36,41). The second kappa shape index (κ2) is 13.6. The van der Waals surface area contributed by atoms with E-state index >= 15 is 0 Å². The molecule has 1 aliphatic carbocycles. The van der Waals surface area contributed by atoms with Crippen LogP contribution in [0.25, 0.3) is 0 Å². The van der Waals surface area contributed by atoms with Crippen molar-refractivity contribution in [3.8, 4) is 5.75 Å². The zero-order valence-electron chi connectivity index (χ0n) is 24.8. The number of alkyl carbamates (subject to hydrolysis) is 1. The summed E-state index contributed by atoms with van der Waals surface area (Å²) >= 11 is 0. The molecule has 3 amide bonds. The summed E-state index contributed by atoms with van der Waals surface area (Å²) in [4.78, 5) is 43.2. The molecule has 4 rings (SSSR count). The van der Waals surface area contributed by atoms with Gasteiger partial charge in [0.25, 0.3) is 0 Å². The van der Waals surface area contributed by atoms with Crippen molar-refractivity contribution < 1.29 is 24.2 Å². The number of phenols is 1. The van der Waals surface area contributed by atoms with E-state index in [1.165, 1.54) is 0 Å². The molecule has 8 nitrogen and oxygen atoms in total. The Kier molecular flexibility index (Phi) is 9.88. The van der Waals surface area contributed by atoms with Crippen LogP contribution in [0.3, 0.4) is 0 Å². The van der Waals surface area contributed by atoms with Crippen LogP contribution in [-0.2, 0) is 27.3 Å². The Balaban J connectivity index is 1.70. The number of carbonyl (C=O) groups excluding carboxylic acids is 3. The first kappa shape index (κ1) is 30.6. The minimum absolute atomic E-state index is 0.104. The molecule has 42 heavy (non-hydrogen) atoms. The van der Waals surface area contributed by atoms with Crippen molar-refractivity contribution in [3.05, 3.63) is 101 Å². The molecule has 1 saturated carbocycles. The van der Waals surface area contributed by atoms with E-state index in [1.807, 2.05) is 61.5 Å². The summed E-state index contributed by atoms with van der Waals surface area (Å²) in [5.74, 6) is -0.544. The summed E-state index contributed by atoms with van der Waals surface area (Å²) in [6.07, 6.45) is 1.92. The lowest BCUT2D eigenvalue weighted by molar-refractivity contribution is -0.147. The predicted octanol–water partition coefficient (Wildman–Crippen LogP) is 5.58. The summed E-state index contributed by atoms with van der Waals surface area (Å²) < 4.78 is 5.51. The Hall–Kier alpha value is -4.33. The number of hydrogen-bond acceptors (Lipinski definition) is 5. The van der Waals surface area contributed by atoms with Gasteiger partial charge in [0.15, 0.2) is 0 Å². The van der Waals surface area contributed by atoms with E-state index in [1.54, 1.807) is 49.9 Å². The summed E-state index contributed by atoms with van der Waals surface area (Å²) in [6.45, 7) is 7.55. The summed E-state index contributed by atoms with van der Waals surface area (Å²) in [5, 5.41) is 15.6. The van der Waals surface area contributed by atoms with Crippen molar-refractivity contribution in [2.75, 3.05) is 0 Å². The summed E-state index contributed by atoms with van der Waals surface area (Å²) in [6, 6.07) is 21.7. The topological polar surface area (TPSA) is 108 Å². The number of aromatic hydroxyl groups is 1. The number of nitrogens with one attached hydrogen (secondary N) is 2. The van der Waals surface area contributed by atoms with Crippen LogP contribution in [0.2, 0.25) is 0 Å². The van der Waals surface area contributed by atoms with Crippen LogP contribution in [0.15, 0.2) is 78.9 Å². The number of nitrogens with zero attached hydrogens (tertiary/aromatic N) is 1. The van der Waals surface area contributed by atoms with Gasteiger partial charge in [0.1, 0.15) is 23.4 Å². The van der Waals surface area contributed by atoms with Gasteiger partial charge in [0, 0.05) is 19.0 Å². The minimum atomic E-state index is -1.00. The number of amides is 3. The Labute approximate surface area is 248 Å². The van der Waals surface area contributed by atoms with Crippen molar-refractivity contribution in [1.29, 1.82) is 0 Å². The normalized spacial score (nSPS) is 14.7. The van der Waals surface area contributed by atoms with Gasteiger partial charge in [-0.25, -0.2) is 4.79 Å². The molecular formula is C34H41N3O5. The maximum absolute atomic E-state index is 14.6. The van der Waals surface area contributed by atoms with Crippen LogP contribution in [0.4, 0.5) is 4.79 Å². The molecule has 2 unspecified atom stereocenters. The summed E-state index contributed by atoms with van der Waals surface area (Å²) in [7, 11) is 0. The molecular weight excluding hydrogens is 530 g/mol. The highest BCUT2D eigenvalue weighted by Crippen LogP contribution is 2.34. The number of carbonyl (C=O) groups is 3. The SMILES string of the molecule is Cc1cccc(C(C(=O)NCc2ccccc2)N(C(=O)C(Cc2ccc(O)cc2)NC(=O)OC(C)(C)C)C2CCC2)c1. The highest BCUT2D eigenvalue weighted by Gasteiger charge is 2.42. The molecule has 0 saturated heterocycles. The minimum Gasteiger partial charge on any atom is -0.508 e. The Morgan fingerprint density at radius 2 is 1.64 bits per heavy atom. The third-order valence-electron chi connectivity index (χ3n) is 7.28. The van der Waals surface area contributed by atoms with E-state index in [2.05, 4.69) is 10.6 Å². The van der Waals surface area contributed by atoms with Gasteiger partial charge < -0.3 is 25.4 Å². The first-order valence-corrected chi connectivity index (χ1v) is 14.5. The van der Waals surface area contributed by atoms with E-state index in [9.17, 15) is 19.5 Å². The average molecular weight is 572 g/mol. The van der Waals surface area contributed by atoms with Crippen molar-refractivity contribution in [2.24, 2.45) is 0 Å². The molecule has 0 bridgehead atoms. The van der Waals surface area contributed by atoms with Crippen molar-refractivity contribution in [2.45, 2.75) is 83.6 Å². The van der Waals surface area contributed by atoms with Crippen LogP contribution >= 0.6 is 0 Å². The fourth-order valence-electron chi connectivity index (χ4n) is 5.04. The number of rotatable bonds is 10. The number of benzene rings is 3. The van der Waals surface area contributed by atoms with E-state index in [0.29, 0.717) is 12.1 Å². The lowest BCUT2D eigenvalue weighted by atomic mass is 9.87. The third-order valence-corrected chi connectivity index (χ3v) is 7.28. The van der Waals surface area contributed by atoms with Crippen molar-refractivity contribution >= 4 is 17.9 Å². The first-order valence-electron chi connectivity index (χ1n) is 14.5. The van der Waals surface area contributed by atoms with Crippen LogP contribution < -0.4 is 10.6 Å². The number of ether oxygens (including phenoxy) is 1. The molecule has 1 aliphatic rings. The van der Waals surface area contributed by atoms with Gasteiger partial charge in [0.05, 0.1) is 0 Å². The van der Waals surface area contributed by atoms with Crippen LogP contribution in [0.5, 0.6) is 5.75 Å². The smallest absolute Gasteiger partial charge is 0.408 e. The lowest BCUT2D eigenvalue weighted by Crippen LogP contribution is -2.58. The maximum Gasteiger partial charge on any atom is 0.408 e. The van der Waals surface area contributed by atoms with Gasteiger partial charge in [-0.1, -0.05) is 72.3 Å². The van der Waals surface area contributed by atoms with E-state index < -0.39 is 23.8 Å². The molecule has 8 heteroatoms. The van der Waals surface area contributed by atoms with Gasteiger partial charge in [0.2, 0.25) is 11.8 Å². The van der Waals surface area contributed by atoms with Gasteiger partial charge in [-0.15, -0.1) is 0 Å². The van der Waals surface area contributed by atoms with Gasteiger partial charge in [-0.2, -0.15) is 0 Å². The highest BCUT2D eigenvalue weighted by molar-refractivity contribution is 5.92. The van der Waals surface area contributed by atoms with E-state index in [0.717, 1.165) is 36.0 Å². The van der Waals surface area contributed by atoms with Gasteiger partial charge >= 0.3 is 6.09 Å². The Morgan fingerprint density at radius 3 is 2.24 bits per heavy atom. The largest absolute Gasteiger partial charge is 0.508 e. The molecule has 3 N–H and O–H groups in total. The molecule has 222 valence electrons. The zero-order chi connectivity index (χ0) is 30.3. The van der Waals surface area contributed by atoms with Crippen molar-refractivity contribution in [3.63, 3.8) is 0 Å². The second-order valence-corrected chi connectivity index (χ2v) is 11.9. The zero-order valence-corrected chi connectivity index (χ0v) is 24.8. The van der Waals surface area contributed by atoms with E-state index in [-0.39, 0.29) is 30.0 Å². The molecule has 3 aromatic carbocycles. The summed E-state index contributed by atoms with van der Waals surface area (Å²) in [5.41, 5.74) is 2.62. The molecule has 0 aromatic heterocycles. The Bertz CT molecular complexity index is 1360. The fraction of sp³-hybridized carbons (Fsp3) is 0.382. The van der Waals surface area contributed by atoms with Crippen molar-refractivity contribution in [1.82, 2.24) is 15.5 Å². The number of phenolic OH excluding ortho intramolecular Hbond substituents is 1. The molecule has 0 radical (unpaired) electrons. The molecule has 0 aliphatic heterocycles. The second-order valence-electron chi connectivity index (χ2n) is 11.9. The average Bonchev–Trinajstić information content (AvgIpc) is 2.90.